The predicted octanol–water partition coefficient (Wildman–Crippen LogP) is 4.83. The molecule has 1 N–H and O–H groups in total. The van der Waals surface area contributed by atoms with Crippen molar-refractivity contribution in [1.29, 1.82) is 0 Å². The van der Waals surface area contributed by atoms with Crippen LogP contribution in [0.2, 0.25) is 0 Å². The minimum atomic E-state index is -0.200. The van der Waals surface area contributed by atoms with Crippen LogP contribution in [-0.2, 0) is 0 Å². The summed E-state index contributed by atoms with van der Waals surface area (Å²) in [5, 5.41) is 4.82. The number of piperazine rings is 1. The number of methoxy groups -OCH3 is 2. The third-order valence-corrected chi connectivity index (χ3v) is 6.35. The van der Waals surface area contributed by atoms with Crippen LogP contribution in [0.3, 0.4) is 0 Å². The number of ether oxygens (including phenoxy) is 2. The molecule has 0 unspecified atom stereocenters. The van der Waals surface area contributed by atoms with E-state index in [4.69, 9.17) is 14.5 Å². The van der Waals surface area contributed by atoms with Gasteiger partial charge in [0.15, 0.2) is 0 Å². The summed E-state index contributed by atoms with van der Waals surface area (Å²) in [4.78, 5) is 22.5. The van der Waals surface area contributed by atoms with E-state index in [0.29, 0.717) is 17.0 Å². The molecular weight excluding hydrogens is 440 g/mol. The van der Waals surface area contributed by atoms with Gasteiger partial charge in [0.2, 0.25) is 0 Å². The van der Waals surface area contributed by atoms with Gasteiger partial charge >= 0.3 is 0 Å². The van der Waals surface area contributed by atoms with Gasteiger partial charge in [-0.05, 0) is 29.7 Å². The fourth-order valence-electron chi connectivity index (χ4n) is 4.56. The van der Waals surface area contributed by atoms with Crippen LogP contribution in [-0.4, -0.2) is 51.3 Å². The highest BCUT2D eigenvalue weighted by Gasteiger charge is 2.23. The van der Waals surface area contributed by atoms with Crippen molar-refractivity contribution >= 4 is 33.9 Å². The third kappa shape index (κ3) is 4.57. The summed E-state index contributed by atoms with van der Waals surface area (Å²) < 4.78 is 10.8. The Hall–Kier alpha value is -4.26. The number of amides is 1. The smallest absolute Gasteiger partial charge is 0.257 e. The number of carbonyl (C=O) groups is 1. The number of nitrogens with zero attached hydrogens (tertiary/aromatic N) is 3. The molecule has 3 aromatic carbocycles. The molecule has 178 valence electrons. The highest BCUT2D eigenvalue weighted by atomic mass is 16.5. The predicted molar refractivity (Wildman–Crippen MR) is 140 cm³/mol. The molecule has 35 heavy (non-hydrogen) atoms. The Morgan fingerprint density at radius 2 is 1.54 bits per heavy atom. The second-order valence-electron chi connectivity index (χ2n) is 8.37. The molecule has 7 nitrogen and oxygen atoms in total. The number of nitrogens with one attached hydrogen (secondary N) is 1. The van der Waals surface area contributed by atoms with Crippen molar-refractivity contribution in [3.8, 4) is 11.5 Å². The molecule has 4 aromatic rings. The molecule has 1 amide bonds. The lowest BCUT2D eigenvalue weighted by atomic mass is 10.1. The molecule has 5 rings (SSSR count). The lowest BCUT2D eigenvalue weighted by Crippen LogP contribution is -2.47. The second-order valence-corrected chi connectivity index (χ2v) is 8.37. The van der Waals surface area contributed by atoms with Gasteiger partial charge in [0.25, 0.3) is 5.91 Å². The zero-order valence-corrected chi connectivity index (χ0v) is 19.9. The van der Waals surface area contributed by atoms with E-state index < -0.39 is 0 Å². The molecule has 0 saturated carbocycles. The quantitative estimate of drug-likeness (QED) is 0.437. The number of pyridine rings is 1. The molecule has 1 aliphatic heterocycles. The van der Waals surface area contributed by atoms with E-state index >= 15 is 0 Å². The maximum Gasteiger partial charge on any atom is 0.257 e. The monoisotopic (exact) mass is 468 g/mol. The van der Waals surface area contributed by atoms with Crippen LogP contribution in [0.5, 0.6) is 11.5 Å². The first kappa shape index (κ1) is 22.5. The molecule has 0 spiro atoms. The van der Waals surface area contributed by atoms with Crippen LogP contribution in [0.25, 0.3) is 10.8 Å². The SMILES string of the molecule is COc1cccc(NC(=O)c2cnc(N3CCN(c4ccccc4OC)CC3)c3ccccc23)c1. The topological polar surface area (TPSA) is 66.9 Å². The summed E-state index contributed by atoms with van der Waals surface area (Å²) in [6.07, 6.45) is 1.68. The van der Waals surface area contributed by atoms with Crippen LogP contribution in [0, 0.1) is 0 Å². The number of rotatable bonds is 6. The zero-order valence-electron chi connectivity index (χ0n) is 19.9. The molecule has 7 heteroatoms. The van der Waals surface area contributed by atoms with Crippen LogP contribution in [0.15, 0.2) is 79.0 Å². The van der Waals surface area contributed by atoms with Crippen LogP contribution in [0.4, 0.5) is 17.2 Å². The van der Waals surface area contributed by atoms with E-state index in [1.165, 1.54) is 0 Å². The average Bonchev–Trinajstić information content (AvgIpc) is 2.92. The van der Waals surface area contributed by atoms with Crippen molar-refractivity contribution in [2.75, 3.05) is 55.5 Å². The number of carbonyl (C=O) groups excluding carboxylic acids is 1. The van der Waals surface area contributed by atoms with Crippen molar-refractivity contribution < 1.29 is 14.3 Å². The summed E-state index contributed by atoms with van der Waals surface area (Å²) in [6.45, 7) is 3.36. The first-order chi connectivity index (χ1) is 17.2. The van der Waals surface area contributed by atoms with E-state index in [1.807, 2.05) is 60.7 Å². The molecule has 0 aliphatic carbocycles. The normalized spacial score (nSPS) is 13.5. The van der Waals surface area contributed by atoms with Gasteiger partial charge < -0.3 is 24.6 Å². The first-order valence-electron chi connectivity index (χ1n) is 11.6. The second kappa shape index (κ2) is 9.93. The number of hydrogen-bond acceptors (Lipinski definition) is 6. The maximum atomic E-state index is 13.2. The standard InChI is InChI=1S/C28H28N4O3/c1-34-21-9-7-8-20(18-21)30-28(33)24-19-29-27(23-11-4-3-10-22(23)24)32-16-14-31(15-17-32)25-12-5-6-13-26(25)35-2/h3-13,18-19H,14-17H2,1-2H3,(H,30,33). The van der Waals surface area contributed by atoms with Gasteiger partial charge in [-0.1, -0.05) is 42.5 Å². The first-order valence-corrected chi connectivity index (χ1v) is 11.6. The molecule has 0 radical (unpaired) electrons. The van der Waals surface area contributed by atoms with E-state index in [0.717, 1.165) is 54.2 Å². The molecule has 1 aromatic heterocycles. The number of fused-ring (bicyclic) bond motifs is 1. The van der Waals surface area contributed by atoms with Crippen LogP contribution in [0.1, 0.15) is 10.4 Å². The molecule has 1 saturated heterocycles. The molecule has 0 atom stereocenters. The highest BCUT2D eigenvalue weighted by molar-refractivity contribution is 6.14. The van der Waals surface area contributed by atoms with Gasteiger partial charge in [-0.15, -0.1) is 0 Å². The average molecular weight is 469 g/mol. The fraction of sp³-hybridized carbons (Fsp3) is 0.214. The molecular formula is C28H28N4O3. The Bertz CT molecular complexity index is 1350. The minimum Gasteiger partial charge on any atom is -0.497 e. The summed E-state index contributed by atoms with van der Waals surface area (Å²) in [5.74, 6) is 2.28. The van der Waals surface area contributed by atoms with Gasteiger partial charge in [-0.25, -0.2) is 4.98 Å². The molecule has 2 heterocycles. The van der Waals surface area contributed by atoms with Crippen LogP contribution < -0.4 is 24.6 Å². The largest absolute Gasteiger partial charge is 0.497 e. The number of para-hydroxylation sites is 2. The summed E-state index contributed by atoms with van der Waals surface area (Å²) in [7, 11) is 3.31. The minimum absolute atomic E-state index is 0.200. The Morgan fingerprint density at radius 3 is 2.31 bits per heavy atom. The van der Waals surface area contributed by atoms with Gasteiger partial charge in [0, 0.05) is 49.5 Å². The van der Waals surface area contributed by atoms with E-state index in [1.54, 1.807) is 26.5 Å². The van der Waals surface area contributed by atoms with Crippen molar-refractivity contribution in [2.45, 2.75) is 0 Å². The van der Waals surface area contributed by atoms with Gasteiger partial charge in [-0.2, -0.15) is 0 Å². The Balaban J connectivity index is 1.38. The van der Waals surface area contributed by atoms with E-state index in [2.05, 4.69) is 21.2 Å². The number of aromatic nitrogens is 1. The maximum absolute atomic E-state index is 13.2. The Labute approximate surface area is 204 Å². The third-order valence-electron chi connectivity index (χ3n) is 6.35. The van der Waals surface area contributed by atoms with Crippen molar-refractivity contribution in [2.24, 2.45) is 0 Å². The summed E-state index contributed by atoms with van der Waals surface area (Å²) in [6, 6.07) is 23.4. The lowest BCUT2D eigenvalue weighted by molar-refractivity contribution is 0.102. The van der Waals surface area contributed by atoms with Gasteiger partial charge in [-0.3, -0.25) is 4.79 Å². The number of benzene rings is 3. The van der Waals surface area contributed by atoms with Gasteiger partial charge in [0.05, 0.1) is 25.5 Å². The van der Waals surface area contributed by atoms with Gasteiger partial charge in [0.1, 0.15) is 17.3 Å². The van der Waals surface area contributed by atoms with Crippen molar-refractivity contribution in [3.63, 3.8) is 0 Å². The number of anilines is 3. The van der Waals surface area contributed by atoms with E-state index in [-0.39, 0.29) is 5.91 Å². The number of hydrogen-bond donors (Lipinski definition) is 1. The van der Waals surface area contributed by atoms with E-state index in [9.17, 15) is 4.79 Å². The Kier molecular flexibility index (Phi) is 6.39. The molecule has 1 fully saturated rings. The summed E-state index contributed by atoms with van der Waals surface area (Å²) >= 11 is 0. The molecule has 0 bridgehead atoms. The molecule has 1 aliphatic rings. The van der Waals surface area contributed by atoms with Crippen LogP contribution >= 0.6 is 0 Å². The Morgan fingerprint density at radius 1 is 0.829 bits per heavy atom. The highest BCUT2D eigenvalue weighted by Crippen LogP contribution is 2.32. The lowest BCUT2D eigenvalue weighted by Gasteiger charge is -2.37. The zero-order chi connectivity index (χ0) is 24.2. The summed E-state index contributed by atoms with van der Waals surface area (Å²) in [5.41, 5.74) is 2.33. The van der Waals surface area contributed by atoms with Crippen molar-refractivity contribution in [3.05, 3.63) is 84.6 Å². The van der Waals surface area contributed by atoms with Crippen molar-refractivity contribution in [1.82, 2.24) is 4.98 Å². The fourth-order valence-corrected chi connectivity index (χ4v) is 4.56.